The SMILES string of the molecule is CC1COC2(c3ccccn3)c3cc(Br)ccc3-n3cnnc3CN12. The third-order valence-corrected chi connectivity index (χ3v) is 5.49. The lowest BCUT2D eigenvalue weighted by Crippen LogP contribution is -2.45. The van der Waals surface area contributed by atoms with E-state index >= 15 is 0 Å². The summed E-state index contributed by atoms with van der Waals surface area (Å²) in [7, 11) is 0. The molecule has 6 nitrogen and oxygen atoms in total. The van der Waals surface area contributed by atoms with E-state index in [0.717, 1.165) is 27.2 Å². The van der Waals surface area contributed by atoms with Gasteiger partial charge in [0, 0.05) is 22.3 Å². The Balaban J connectivity index is 1.87. The van der Waals surface area contributed by atoms with Gasteiger partial charge in [-0.05, 0) is 37.3 Å². The van der Waals surface area contributed by atoms with E-state index in [4.69, 9.17) is 4.74 Å². The second-order valence-corrected chi connectivity index (χ2v) is 7.34. The molecule has 0 bridgehead atoms. The highest BCUT2D eigenvalue weighted by Crippen LogP contribution is 2.47. The van der Waals surface area contributed by atoms with Crippen molar-refractivity contribution in [1.82, 2.24) is 24.6 Å². The predicted octanol–water partition coefficient (Wildman–Crippen LogP) is 2.86. The summed E-state index contributed by atoms with van der Waals surface area (Å²) < 4.78 is 9.53. The van der Waals surface area contributed by atoms with E-state index in [1.54, 1.807) is 6.33 Å². The van der Waals surface area contributed by atoms with E-state index in [1.807, 2.05) is 35.0 Å². The third-order valence-electron chi connectivity index (χ3n) is 5.00. The molecular formula is C18H16BrN5O. The van der Waals surface area contributed by atoms with E-state index in [2.05, 4.69) is 55.1 Å². The van der Waals surface area contributed by atoms with Gasteiger partial charge < -0.3 is 4.74 Å². The molecule has 25 heavy (non-hydrogen) atoms. The smallest absolute Gasteiger partial charge is 0.193 e. The van der Waals surface area contributed by atoms with Crippen LogP contribution >= 0.6 is 15.9 Å². The van der Waals surface area contributed by atoms with Crippen LogP contribution in [0.4, 0.5) is 0 Å². The van der Waals surface area contributed by atoms with Crippen molar-refractivity contribution in [3.63, 3.8) is 0 Å². The standard InChI is InChI=1S/C18H16BrN5O/c1-12-10-25-18(16-4-2-3-7-20-16)14-8-13(19)5-6-15(14)23-11-21-22-17(23)9-24(12)18/h2-8,11-12H,9-10H2,1H3. The Kier molecular flexibility index (Phi) is 3.31. The van der Waals surface area contributed by atoms with Crippen LogP contribution in [0.3, 0.4) is 0 Å². The van der Waals surface area contributed by atoms with Crippen molar-refractivity contribution in [2.45, 2.75) is 25.2 Å². The van der Waals surface area contributed by atoms with Crippen molar-refractivity contribution in [3.05, 3.63) is 70.5 Å². The van der Waals surface area contributed by atoms with Crippen LogP contribution in [0.1, 0.15) is 24.0 Å². The van der Waals surface area contributed by atoms with Gasteiger partial charge in [0.15, 0.2) is 11.5 Å². The Labute approximate surface area is 153 Å². The molecule has 4 heterocycles. The molecule has 0 saturated carbocycles. The highest BCUT2D eigenvalue weighted by molar-refractivity contribution is 9.10. The van der Waals surface area contributed by atoms with E-state index < -0.39 is 5.72 Å². The van der Waals surface area contributed by atoms with Crippen molar-refractivity contribution >= 4 is 15.9 Å². The average Bonchev–Trinajstić information content (AvgIpc) is 3.20. The number of halogens is 1. The lowest BCUT2D eigenvalue weighted by Gasteiger charge is -2.37. The first-order valence-corrected chi connectivity index (χ1v) is 9.01. The Morgan fingerprint density at radius 1 is 1.28 bits per heavy atom. The Hall–Kier alpha value is -2.09. The molecule has 126 valence electrons. The van der Waals surface area contributed by atoms with E-state index in [1.165, 1.54) is 0 Å². The van der Waals surface area contributed by atoms with Gasteiger partial charge in [-0.25, -0.2) is 0 Å². The normalized spacial score (nSPS) is 25.1. The molecule has 2 atom stereocenters. The summed E-state index contributed by atoms with van der Waals surface area (Å²) in [5.74, 6) is 0.902. The molecule has 2 aliphatic rings. The highest BCUT2D eigenvalue weighted by atomic mass is 79.9. The lowest BCUT2D eigenvalue weighted by atomic mass is 9.95. The van der Waals surface area contributed by atoms with Crippen molar-refractivity contribution in [3.8, 4) is 5.69 Å². The van der Waals surface area contributed by atoms with Crippen molar-refractivity contribution < 1.29 is 4.74 Å². The predicted molar refractivity (Wildman–Crippen MR) is 95.0 cm³/mol. The zero-order valence-electron chi connectivity index (χ0n) is 13.6. The van der Waals surface area contributed by atoms with Gasteiger partial charge in [-0.1, -0.05) is 22.0 Å². The number of hydrogen-bond donors (Lipinski definition) is 0. The summed E-state index contributed by atoms with van der Waals surface area (Å²) >= 11 is 3.62. The molecule has 1 fully saturated rings. The zero-order valence-corrected chi connectivity index (χ0v) is 15.2. The Morgan fingerprint density at radius 2 is 2.20 bits per heavy atom. The molecule has 0 spiro atoms. The first-order chi connectivity index (χ1) is 12.2. The number of aromatic nitrogens is 4. The molecule has 7 heteroatoms. The van der Waals surface area contributed by atoms with E-state index in [0.29, 0.717) is 13.2 Å². The second kappa shape index (κ2) is 5.45. The molecule has 2 unspecified atom stereocenters. The van der Waals surface area contributed by atoms with Gasteiger partial charge in [-0.3, -0.25) is 14.5 Å². The van der Waals surface area contributed by atoms with Crippen LogP contribution in [0.25, 0.3) is 5.69 Å². The highest BCUT2D eigenvalue weighted by Gasteiger charge is 2.53. The van der Waals surface area contributed by atoms with Crippen molar-refractivity contribution in [1.29, 1.82) is 0 Å². The third kappa shape index (κ3) is 2.06. The first kappa shape index (κ1) is 15.2. The number of fused-ring (bicyclic) bond motifs is 5. The molecule has 0 radical (unpaired) electrons. The molecule has 2 aliphatic heterocycles. The molecular weight excluding hydrogens is 382 g/mol. The molecule has 2 aromatic heterocycles. The largest absolute Gasteiger partial charge is 0.348 e. The fraction of sp³-hybridized carbons (Fsp3) is 0.278. The summed E-state index contributed by atoms with van der Waals surface area (Å²) in [6.45, 7) is 3.45. The number of hydrogen-bond acceptors (Lipinski definition) is 5. The van der Waals surface area contributed by atoms with Crippen molar-refractivity contribution in [2.24, 2.45) is 0 Å². The Bertz CT molecular complexity index is 944. The molecule has 0 amide bonds. The van der Waals surface area contributed by atoms with Crippen LogP contribution < -0.4 is 0 Å². The maximum atomic E-state index is 6.49. The lowest BCUT2D eigenvalue weighted by molar-refractivity contribution is -0.0619. The summed E-state index contributed by atoms with van der Waals surface area (Å²) in [6.07, 6.45) is 3.58. The summed E-state index contributed by atoms with van der Waals surface area (Å²) in [6, 6.07) is 12.4. The topological polar surface area (TPSA) is 56.1 Å². The summed E-state index contributed by atoms with van der Waals surface area (Å²) in [5.41, 5.74) is 2.21. The van der Waals surface area contributed by atoms with Gasteiger partial charge in [-0.2, -0.15) is 0 Å². The van der Waals surface area contributed by atoms with Crippen LogP contribution in [-0.2, 0) is 17.0 Å². The maximum absolute atomic E-state index is 6.49. The van der Waals surface area contributed by atoms with Gasteiger partial charge in [-0.15, -0.1) is 10.2 Å². The number of rotatable bonds is 1. The molecule has 1 saturated heterocycles. The summed E-state index contributed by atoms with van der Waals surface area (Å²) in [4.78, 5) is 6.99. The average molecular weight is 398 g/mol. The fourth-order valence-corrected chi connectivity index (χ4v) is 4.22. The number of pyridine rings is 1. The minimum absolute atomic E-state index is 0.233. The monoisotopic (exact) mass is 397 g/mol. The van der Waals surface area contributed by atoms with Gasteiger partial charge in [0.25, 0.3) is 0 Å². The molecule has 3 aromatic rings. The number of ether oxygens (including phenoxy) is 1. The zero-order chi connectivity index (χ0) is 17.0. The van der Waals surface area contributed by atoms with Gasteiger partial charge in [0.1, 0.15) is 6.33 Å². The molecule has 5 rings (SSSR count). The van der Waals surface area contributed by atoms with Gasteiger partial charge in [0.05, 0.1) is 24.5 Å². The van der Waals surface area contributed by atoms with Crippen LogP contribution in [0.2, 0.25) is 0 Å². The second-order valence-electron chi connectivity index (χ2n) is 6.43. The van der Waals surface area contributed by atoms with E-state index in [-0.39, 0.29) is 6.04 Å². The van der Waals surface area contributed by atoms with Crippen LogP contribution in [0.15, 0.2) is 53.4 Å². The summed E-state index contributed by atoms with van der Waals surface area (Å²) in [5, 5.41) is 8.46. The number of nitrogens with zero attached hydrogens (tertiary/aromatic N) is 5. The minimum atomic E-state index is -0.736. The quantitative estimate of drug-likeness (QED) is 0.631. The Morgan fingerprint density at radius 3 is 3.04 bits per heavy atom. The maximum Gasteiger partial charge on any atom is 0.193 e. The minimum Gasteiger partial charge on any atom is -0.348 e. The van der Waals surface area contributed by atoms with Crippen LogP contribution in [-0.4, -0.2) is 37.3 Å². The van der Waals surface area contributed by atoms with Crippen LogP contribution in [0.5, 0.6) is 0 Å². The van der Waals surface area contributed by atoms with Gasteiger partial charge in [0.2, 0.25) is 0 Å². The molecule has 1 aromatic carbocycles. The number of benzene rings is 1. The van der Waals surface area contributed by atoms with Gasteiger partial charge >= 0.3 is 0 Å². The fourth-order valence-electron chi connectivity index (χ4n) is 3.86. The molecule has 0 N–H and O–H groups in total. The first-order valence-electron chi connectivity index (χ1n) is 8.21. The molecule has 0 aliphatic carbocycles. The van der Waals surface area contributed by atoms with Crippen molar-refractivity contribution in [2.75, 3.05) is 6.61 Å². The van der Waals surface area contributed by atoms with E-state index in [9.17, 15) is 0 Å². The van der Waals surface area contributed by atoms with Crippen LogP contribution in [0, 0.1) is 0 Å².